The highest BCUT2D eigenvalue weighted by molar-refractivity contribution is 5.99. The number of rotatable bonds is 3. The fourth-order valence-corrected chi connectivity index (χ4v) is 2.20. The van der Waals surface area contributed by atoms with Gasteiger partial charge in [-0.25, -0.2) is 0 Å². The molecule has 1 saturated heterocycles. The van der Waals surface area contributed by atoms with E-state index in [0.29, 0.717) is 6.04 Å². The minimum atomic E-state index is 0.159. The molecular weight excluding hydrogens is 212 g/mol. The smallest absolute Gasteiger partial charge is 0.255 e. The summed E-state index contributed by atoms with van der Waals surface area (Å²) < 4.78 is 0. The van der Waals surface area contributed by atoms with Crippen LogP contribution in [0.2, 0.25) is 0 Å². The summed E-state index contributed by atoms with van der Waals surface area (Å²) in [7, 11) is 0. The van der Waals surface area contributed by atoms with Gasteiger partial charge in [0.25, 0.3) is 5.91 Å². The van der Waals surface area contributed by atoms with Crippen LogP contribution in [0.25, 0.3) is 0 Å². The molecular formula is C14H20N2O. The summed E-state index contributed by atoms with van der Waals surface area (Å²) in [5, 5.41) is 3.33. The SMILES string of the molecule is CC(C)Nc1ccccc1C(=O)N1CCCC1. The second-order valence-electron chi connectivity index (χ2n) is 4.84. The quantitative estimate of drug-likeness (QED) is 0.869. The van der Waals surface area contributed by atoms with E-state index < -0.39 is 0 Å². The number of nitrogens with zero attached hydrogens (tertiary/aromatic N) is 1. The van der Waals surface area contributed by atoms with Crippen LogP contribution in [0.15, 0.2) is 24.3 Å². The van der Waals surface area contributed by atoms with Gasteiger partial charge in [0.1, 0.15) is 0 Å². The van der Waals surface area contributed by atoms with Crippen LogP contribution in [0.5, 0.6) is 0 Å². The molecule has 1 aromatic carbocycles. The zero-order valence-electron chi connectivity index (χ0n) is 10.6. The first-order valence-electron chi connectivity index (χ1n) is 6.33. The van der Waals surface area contributed by atoms with Gasteiger partial charge in [-0.2, -0.15) is 0 Å². The summed E-state index contributed by atoms with van der Waals surface area (Å²) in [4.78, 5) is 14.3. The molecule has 1 N–H and O–H groups in total. The number of hydrogen-bond donors (Lipinski definition) is 1. The number of benzene rings is 1. The fourth-order valence-electron chi connectivity index (χ4n) is 2.20. The van der Waals surface area contributed by atoms with E-state index in [9.17, 15) is 4.79 Å². The summed E-state index contributed by atoms with van der Waals surface area (Å²) in [5.41, 5.74) is 1.74. The molecule has 0 aromatic heterocycles. The van der Waals surface area contributed by atoms with E-state index in [2.05, 4.69) is 19.2 Å². The van der Waals surface area contributed by atoms with Gasteiger partial charge in [0, 0.05) is 24.8 Å². The van der Waals surface area contributed by atoms with Gasteiger partial charge >= 0.3 is 0 Å². The van der Waals surface area contributed by atoms with Gasteiger partial charge in [0.2, 0.25) is 0 Å². The van der Waals surface area contributed by atoms with E-state index >= 15 is 0 Å². The first-order chi connectivity index (χ1) is 8.18. The monoisotopic (exact) mass is 232 g/mol. The number of carbonyl (C=O) groups is 1. The number of amides is 1. The predicted molar refractivity (Wildman–Crippen MR) is 70.3 cm³/mol. The van der Waals surface area contributed by atoms with E-state index in [-0.39, 0.29) is 5.91 Å². The van der Waals surface area contributed by atoms with Crippen molar-refractivity contribution >= 4 is 11.6 Å². The maximum Gasteiger partial charge on any atom is 0.255 e. The van der Waals surface area contributed by atoms with Gasteiger partial charge in [-0.3, -0.25) is 4.79 Å². The van der Waals surface area contributed by atoms with Crippen molar-refractivity contribution in [3.63, 3.8) is 0 Å². The van der Waals surface area contributed by atoms with Gasteiger partial charge < -0.3 is 10.2 Å². The molecule has 17 heavy (non-hydrogen) atoms. The fraction of sp³-hybridized carbons (Fsp3) is 0.500. The molecule has 1 aromatic rings. The Morgan fingerprint density at radius 3 is 2.53 bits per heavy atom. The van der Waals surface area contributed by atoms with Crippen LogP contribution in [-0.4, -0.2) is 29.9 Å². The van der Waals surface area contributed by atoms with Gasteiger partial charge in [-0.1, -0.05) is 12.1 Å². The molecule has 2 rings (SSSR count). The first-order valence-corrected chi connectivity index (χ1v) is 6.33. The Morgan fingerprint density at radius 2 is 1.88 bits per heavy atom. The Labute approximate surface area is 103 Å². The third kappa shape index (κ3) is 2.78. The van der Waals surface area contributed by atoms with Crippen molar-refractivity contribution in [2.45, 2.75) is 32.7 Å². The topological polar surface area (TPSA) is 32.3 Å². The van der Waals surface area contributed by atoms with Gasteiger partial charge in [-0.05, 0) is 38.8 Å². The standard InChI is InChI=1S/C14H20N2O/c1-11(2)15-13-8-4-3-7-12(13)14(17)16-9-5-6-10-16/h3-4,7-8,11,15H,5-6,9-10H2,1-2H3. The molecule has 1 amide bonds. The molecule has 0 aliphatic carbocycles. The second kappa shape index (κ2) is 5.21. The Balaban J connectivity index is 2.21. The van der Waals surface area contributed by atoms with Gasteiger partial charge in [-0.15, -0.1) is 0 Å². The molecule has 1 fully saturated rings. The lowest BCUT2D eigenvalue weighted by Crippen LogP contribution is -2.28. The molecule has 92 valence electrons. The molecule has 1 aliphatic heterocycles. The first kappa shape index (κ1) is 12.0. The molecule has 1 heterocycles. The van der Waals surface area contributed by atoms with Crippen LogP contribution in [0.4, 0.5) is 5.69 Å². The lowest BCUT2D eigenvalue weighted by Gasteiger charge is -2.19. The van der Waals surface area contributed by atoms with Crippen molar-refractivity contribution in [3.05, 3.63) is 29.8 Å². The lowest BCUT2D eigenvalue weighted by atomic mass is 10.1. The molecule has 1 aliphatic rings. The maximum absolute atomic E-state index is 12.3. The summed E-state index contributed by atoms with van der Waals surface area (Å²) in [5.74, 6) is 0.159. The van der Waals surface area contributed by atoms with E-state index in [4.69, 9.17) is 0 Å². The number of hydrogen-bond acceptors (Lipinski definition) is 2. The molecule has 0 radical (unpaired) electrons. The maximum atomic E-state index is 12.3. The molecule has 0 unspecified atom stereocenters. The lowest BCUT2D eigenvalue weighted by molar-refractivity contribution is 0.0794. The van der Waals surface area contributed by atoms with Crippen LogP contribution < -0.4 is 5.32 Å². The molecule has 0 bridgehead atoms. The highest BCUT2D eigenvalue weighted by Gasteiger charge is 2.21. The molecule has 3 nitrogen and oxygen atoms in total. The predicted octanol–water partition coefficient (Wildman–Crippen LogP) is 2.74. The largest absolute Gasteiger partial charge is 0.382 e. The van der Waals surface area contributed by atoms with Crippen LogP contribution in [-0.2, 0) is 0 Å². The van der Waals surface area contributed by atoms with Crippen LogP contribution in [0.3, 0.4) is 0 Å². The molecule has 0 saturated carbocycles. The Morgan fingerprint density at radius 1 is 1.24 bits per heavy atom. The van der Waals surface area contributed by atoms with Crippen molar-refractivity contribution in [1.82, 2.24) is 4.90 Å². The number of likely N-dealkylation sites (tertiary alicyclic amines) is 1. The van der Waals surface area contributed by atoms with Crippen molar-refractivity contribution < 1.29 is 4.79 Å². The molecule has 0 atom stereocenters. The number of nitrogens with one attached hydrogen (secondary N) is 1. The average Bonchev–Trinajstić information content (AvgIpc) is 2.81. The summed E-state index contributed by atoms with van der Waals surface area (Å²) in [6.45, 7) is 5.96. The Hall–Kier alpha value is -1.51. The highest BCUT2D eigenvalue weighted by Crippen LogP contribution is 2.20. The minimum absolute atomic E-state index is 0.159. The van der Waals surface area contributed by atoms with E-state index in [1.165, 1.54) is 0 Å². The van der Waals surface area contributed by atoms with Crippen LogP contribution in [0.1, 0.15) is 37.0 Å². The van der Waals surface area contributed by atoms with Gasteiger partial charge in [0.15, 0.2) is 0 Å². The van der Waals surface area contributed by atoms with E-state index in [1.54, 1.807) is 0 Å². The summed E-state index contributed by atoms with van der Waals surface area (Å²) in [6.07, 6.45) is 2.26. The third-order valence-electron chi connectivity index (χ3n) is 2.99. The number of anilines is 1. The van der Waals surface area contributed by atoms with Gasteiger partial charge in [0.05, 0.1) is 5.56 Å². The number of para-hydroxylation sites is 1. The van der Waals surface area contributed by atoms with Crippen molar-refractivity contribution in [3.8, 4) is 0 Å². The third-order valence-corrected chi connectivity index (χ3v) is 2.99. The average molecular weight is 232 g/mol. The molecule has 3 heteroatoms. The van der Waals surface area contributed by atoms with Crippen molar-refractivity contribution in [1.29, 1.82) is 0 Å². The minimum Gasteiger partial charge on any atom is -0.382 e. The normalized spacial score (nSPS) is 15.4. The Kier molecular flexibility index (Phi) is 3.67. The summed E-state index contributed by atoms with van der Waals surface area (Å²) in [6, 6.07) is 8.11. The highest BCUT2D eigenvalue weighted by atomic mass is 16.2. The Bertz CT molecular complexity index is 395. The van der Waals surface area contributed by atoms with E-state index in [0.717, 1.165) is 37.2 Å². The van der Waals surface area contributed by atoms with E-state index in [1.807, 2.05) is 29.2 Å². The van der Waals surface area contributed by atoms with Crippen molar-refractivity contribution in [2.24, 2.45) is 0 Å². The van der Waals surface area contributed by atoms with Crippen LogP contribution in [0, 0.1) is 0 Å². The second-order valence-corrected chi connectivity index (χ2v) is 4.84. The summed E-state index contributed by atoms with van der Waals surface area (Å²) >= 11 is 0. The van der Waals surface area contributed by atoms with Crippen molar-refractivity contribution in [2.75, 3.05) is 18.4 Å². The van der Waals surface area contributed by atoms with Crippen LogP contribution >= 0.6 is 0 Å². The molecule has 0 spiro atoms. The number of carbonyl (C=O) groups excluding carboxylic acids is 1. The zero-order valence-corrected chi connectivity index (χ0v) is 10.6. The zero-order chi connectivity index (χ0) is 12.3.